The van der Waals surface area contributed by atoms with Gasteiger partial charge in [0.25, 0.3) is 0 Å². The smallest absolute Gasteiger partial charge is 0.237 e. The van der Waals surface area contributed by atoms with Crippen molar-refractivity contribution in [1.82, 2.24) is 19.8 Å². The van der Waals surface area contributed by atoms with E-state index in [1.54, 1.807) is 6.07 Å². The summed E-state index contributed by atoms with van der Waals surface area (Å²) in [7, 11) is 0. The first-order valence-electron chi connectivity index (χ1n) is 7.95. The molecular formula is C18H15N5O2S. The predicted molar refractivity (Wildman–Crippen MR) is 99.0 cm³/mol. The van der Waals surface area contributed by atoms with Gasteiger partial charge in [-0.1, -0.05) is 52.8 Å². The van der Waals surface area contributed by atoms with Gasteiger partial charge in [0, 0.05) is 17.8 Å². The molecule has 4 rings (SSSR count). The van der Waals surface area contributed by atoms with E-state index < -0.39 is 0 Å². The second kappa shape index (κ2) is 7.01. The molecule has 0 bridgehead atoms. The lowest BCUT2D eigenvalue weighted by Crippen LogP contribution is -2.13. The van der Waals surface area contributed by atoms with Gasteiger partial charge in [0.1, 0.15) is 5.69 Å². The Labute approximate surface area is 153 Å². The summed E-state index contributed by atoms with van der Waals surface area (Å²) in [5, 5.41) is 15.5. The Balaban J connectivity index is 1.38. The zero-order valence-corrected chi connectivity index (χ0v) is 14.7. The largest absolute Gasteiger partial charge is 0.338 e. The monoisotopic (exact) mass is 365 g/mol. The van der Waals surface area contributed by atoms with Crippen molar-refractivity contribution < 1.29 is 9.32 Å². The molecule has 0 atom stereocenters. The maximum absolute atomic E-state index is 12.2. The number of carbonyl (C=O) groups excluding carboxylic acids is 1. The number of fused-ring (bicyclic) bond motifs is 1. The van der Waals surface area contributed by atoms with Gasteiger partial charge in [0.15, 0.2) is 10.8 Å². The maximum atomic E-state index is 12.2. The summed E-state index contributed by atoms with van der Waals surface area (Å²) in [5.41, 5.74) is 3.53. The van der Waals surface area contributed by atoms with E-state index >= 15 is 0 Å². The molecule has 0 saturated heterocycles. The van der Waals surface area contributed by atoms with Crippen molar-refractivity contribution in [2.45, 2.75) is 12.1 Å². The van der Waals surface area contributed by atoms with Crippen molar-refractivity contribution >= 4 is 29.2 Å². The van der Waals surface area contributed by atoms with Crippen LogP contribution in [0.25, 0.3) is 16.9 Å². The highest BCUT2D eigenvalue weighted by Crippen LogP contribution is 2.22. The number of rotatable bonds is 5. The highest BCUT2D eigenvalue weighted by Gasteiger charge is 2.12. The summed E-state index contributed by atoms with van der Waals surface area (Å²) in [6.07, 6.45) is 1.86. The fraction of sp³-hybridized carbons (Fsp3) is 0.111. The predicted octanol–water partition coefficient (Wildman–Crippen LogP) is 3.42. The zero-order valence-electron chi connectivity index (χ0n) is 13.9. The number of aromatic nitrogens is 4. The van der Waals surface area contributed by atoms with Crippen LogP contribution in [-0.4, -0.2) is 31.4 Å². The van der Waals surface area contributed by atoms with Crippen LogP contribution >= 0.6 is 11.8 Å². The lowest BCUT2D eigenvalue weighted by molar-refractivity contribution is -0.113. The van der Waals surface area contributed by atoms with Gasteiger partial charge in [-0.25, -0.2) is 0 Å². The topological polar surface area (TPSA) is 85.3 Å². The third-order valence-electron chi connectivity index (χ3n) is 3.73. The Morgan fingerprint density at radius 3 is 2.88 bits per heavy atom. The fourth-order valence-corrected chi connectivity index (χ4v) is 3.14. The molecule has 3 heterocycles. The molecule has 1 N–H and O–H groups in total. The number of aryl methyl sites for hydroxylation is 1. The van der Waals surface area contributed by atoms with Crippen molar-refractivity contribution in [3.05, 3.63) is 60.3 Å². The van der Waals surface area contributed by atoms with Crippen LogP contribution in [-0.2, 0) is 4.79 Å². The Morgan fingerprint density at radius 2 is 2.04 bits per heavy atom. The molecule has 8 heteroatoms. The summed E-state index contributed by atoms with van der Waals surface area (Å²) in [6, 6.07) is 15.3. The number of nitrogens with zero attached hydrogens (tertiary/aromatic N) is 4. The number of amides is 1. The molecule has 1 amide bonds. The highest BCUT2D eigenvalue weighted by molar-refractivity contribution is 7.99. The SMILES string of the molecule is Cc1ccc(-c2cc(NC(=O)CSc3nnc4ccccn34)on2)cc1. The molecule has 7 nitrogen and oxygen atoms in total. The molecule has 0 aliphatic carbocycles. The van der Waals surface area contributed by atoms with Crippen LogP contribution in [0.4, 0.5) is 5.88 Å². The van der Waals surface area contributed by atoms with Crippen molar-refractivity contribution in [2.24, 2.45) is 0 Å². The Morgan fingerprint density at radius 1 is 1.19 bits per heavy atom. The molecule has 0 saturated carbocycles. The van der Waals surface area contributed by atoms with E-state index in [0.717, 1.165) is 11.2 Å². The van der Waals surface area contributed by atoms with Gasteiger partial charge in [0.05, 0.1) is 5.75 Å². The van der Waals surface area contributed by atoms with Gasteiger partial charge in [-0.3, -0.25) is 14.5 Å². The van der Waals surface area contributed by atoms with Gasteiger partial charge in [0.2, 0.25) is 11.8 Å². The van der Waals surface area contributed by atoms with Crippen LogP contribution in [0.15, 0.2) is 64.4 Å². The van der Waals surface area contributed by atoms with E-state index in [1.165, 1.54) is 17.3 Å². The van der Waals surface area contributed by atoms with Crippen LogP contribution in [0.2, 0.25) is 0 Å². The zero-order chi connectivity index (χ0) is 17.9. The first-order chi connectivity index (χ1) is 12.7. The van der Waals surface area contributed by atoms with Crippen molar-refractivity contribution in [3.8, 4) is 11.3 Å². The van der Waals surface area contributed by atoms with E-state index in [9.17, 15) is 4.79 Å². The van der Waals surface area contributed by atoms with Crippen LogP contribution in [0.3, 0.4) is 0 Å². The molecule has 0 aliphatic heterocycles. The molecular weight excluding hydrogens is 350 g/mol. The normalized spacial score (nSPS) is 11.0. The summed E-state index contributed by atoms with van der Waals surface area (Å²) in [6.45, 7) is 2.02. The first-order valence-corrected chi connectivity index (χ1v) is 8.94. The number of nitrogens with one attached hydrogen (secondary N) is 1. The molecule has 130 valence electrons. The average molecular weight is 365 g/mol. The number of thioether (sulfide) groups is 1. The maximum Gasteiger partial charge on any atom is 0.237 e. The van der Waals surface area contributed by atoms with Crippen molar-refractivity contribution in [3.63, 3.8) is 0 Å². The first kappa shape index (κ1) is 16.3. The molecule has 0 spiro atoms. The minimum Gasteiger partial charge on any atom is -0.338 e. The number of carbonyl (C=O) groups is 1. The standard InChI is InChI=1S/C18H15N5O2S/c1-12-5-7-13(8-6-12)14-10-17(25-22-14)19-16(24)11-26-18-21-20-15-4-2-3-9-23(15)18/h2-10H,11H2,1H3,(H,19,24). The Hall–Kier alpha value is -3.13. The van der Waals surface area contributed by atoms with E-state index in [4.69, 9.17) is 4.52 Å². The van der Waals surface area contributed by atoms with Crippen LogP contribution in [0.5, 0.6) is 0 Å². The summed E-state index contributed by atoms with van der Waals surface area (Å²) in [4.78, 5) is 12.2. The quantitative estimate of drug-likeness (QED) is 0.546. The number of pyridine rings is 1. The highest BCUT2D eigenvalue weighted by atomic mass is 32.2. The third kappa shape index (κ3) is 3.45. The molecule has 4 aromatic rings. The van der Waals surface area contributed by atoms with E-state index in [0.29, 0.717) is 16.7 Å². The van der Waals surface area contributed by atoms with Gasteiger partial charge in [-0.05, 0) is 19.1 Å². The van der Waals surface area contributed by atoms with Gasteiger partial charge < -0.3 is 4.52 Å². The molecule has 0 aliphatic rings. The second-order valence-electron chi connectivity index (χ2n) is 5.69. The molecule has 1 aromatic carbocycles. The Kier molecular flexibility index (Phi) is 4.40. The van der Waals surface area contributed by atoms with Crippen molar-refractivity contribution in [1.29, 1.82) is 0 Å². The number of hydrogen-bond acceptors (Lipinski definition) is 6. The molecule has 0 radical (unpaired) electrons. The minimum absolute atomic E-state index is 0.191. The lowest BCUT2D eigenvalue weighted by Gasteiger charge is -2.00. The molecule has 3 aromatic heterocycles. The molecule has 0 fully saturated rings. The minimum atomic E-state index is -0.200. The number of hydrogen-bond donors (Lipinski definition) is 1. The van der Waals surface area contributed by atoms with Crippen LogP contribution < -0.4 is 5.32 Å². The number of benzene rings is 1. The van der Waals surface area contributed by atoms with Crippen LogP contribution in [0, 0.1) is 6.92 Å². The molecule has 0 unspecified atom stereocenters. The van der Waals surface area contributed by atoms with E-state index in [1.807, 2.05) is 60.0 Å². The number of anilines is 1. The summed E-state index contributed by atoms with van der Waals surface area (Å²) >= 11 is 1.30. The van der Waals surface area contributed by atoms with Gasteiger partial charge in [-0.2, -0.15) is 0 Å². The second-order valence-corrected chi connectivity index (χ2v) is 6.63. The summed E-state index contributed by atoms with van der Waals surface area (Å²) in [5.74, 6) is 0.308. The lowest BCUT2D eigenvalue weighted by atomic mass is 10.1. The third-order valence-corrected chi connectivity index (χ3v) is 4.68. The molecule has 26 heavy (non-hydrogen) atoms. The average Bonchev–Trinajstić information content (AvgIpc) is 3.28. The van der Waals surface area contributed by atoms with Gasteiger partial charge in [-0.15, -0.1) is 10.2 Å². The van der Waals surface area contributed by atoms with Gasteiger partial charge >= 0.3 is 0 Å². The van der Waals surface area contributed by atoms with Crippen LogP contribution in [0.1, 0.15) is 5.56 Å². The van der Waals surface area contributed by atoms with E-state index in [-0.39, 0.29) is 11.7 Å². The fourth-order valence-electron chi connectivity index (χ4n) is 2.42. The Bertz CT molecular complexity index is 1050. The summed E-state index contributed by atoms with van der Waals surface area (Å²) < 4.78 is 7.04. The van der Waals surface area contributed by atoms with Crippen molar-refractivity contribution in [2.75, 3.05) is 11.1 Å². The van der Waals surface area contributed by atoms with E-state index in [2.05, 4.69) is 20.7 Å².